The van der Waals surface area contributed by atoms with Crippen LogP contribution in [0.2, 0.25) is 0 Å². The topological polar surface area (TPSA) is 29.1 Å². The molecule has 2 rings (SSSR count). The van der Waals surface area contributed by atoms with E-state index in [1.165, 1.54) is 19.3 Å². The van der Waals surface area contributed by atoms with Crippen molar-refractivity contribution in [2.24, 2.45) is 5.92 Å². The van der Waals surface area contributed by atoms with Crippen molar-refractivity contribution in [2.45, 2.75) is 38.1 Å². The molecule has 10 heavy (non-hydrogen) atoms. The Labute approximate surface area is 61.0 Å². The van der Waals surface area contributed by atoms with E-state index in [0.717, 1.165) is 18.8 Å². The summed E-state index contributed by atoms with van der Waals surface area (Å²) in [4.78, 5) is 10.9. The number of hydrogen-bond acceptors (Lipinski definition) is 1. The van der Waals surface area contributed by atoms with E-state index in [9.17, 15) is 4.79 Å². The molecule has 56 valence electrons. The Morgan fingerprint density at radius 2 is 2.20 bits per heavy atom. The lowest BCUT2D eigenvalue weighted by atomic mass is 9.94. The first-order valence-electron chi connectivity index (χ1n) is 4.15. The maximum absolute atomic E-state index is 10.9. The van der Waals surface area contributed by atoms with Gasteiger partial charge >= 0.3 is 0 Å². The molecule has 1 heterocycles. The van der Waals surface area contributed by atoms with E-state index in [1.807, 2.05) is 0 Å². The standard InChI is InChI=1S/C8H13NO/c10-8-5-4-6-2-1-3-7(6)9-8/h6-7H,1-5H2,(H,9,10)/t6-,7+/m1/s1. The summed E-state index contributed by atoms with van der Waals surface area (Å²) in [7, 11) is 0. The number of carbonyl (C=O) groups is 1. The average molecular weight is 139 g/mol. The lowest BCUT2D eigenvalue weighted by molar-refractivity contribution is -0.124. The lowest BCUT2D eigenvalue weighted by Crippen LogP contribution is -2.41. The van der Waals surface area contributed by atoms with Crippen LogP contribution >= 0.6 is 0 Å². The molecule has 2 nitrogen and oxygen atoms in total. The summed E-state index contributed by atoms with van der Waals surface area (Å²) in [6, 6.07) is 0.543. The number of fused-ring (bicyclic) bond motifs is 1. The molecule has 2 aliphatic rings. The van der Waals surface area contributed by atoms with Gasteiger partial charge in [-0.3, -0.25) is 4.79 Å². The van der Waals surface area contributed by atoms with E-state index in [0.29, 0.717) is 6.04 Å². The summed E-state index contributed by atoms with van der Waals surface area (Å²) in [5.41, 5.74) is 0. The van der Waals surface area contributed by atoms with Gasteiger partial charge in [0.1, 0.15) is 0 Å². The second kappa shape index (κ2) is 2.26. The van der Waals surface area contributed by atoms with Gasteiger partial charge in [-0.15, -0.1) is 0 Å². The summed E-state index contributed by atoms with van der Waals surface area (Å²) in [6.07, 6.45) is 5.77. The molecule has 1 aliphatic heterocycles. The second-order valence-electron chi connectivity index (χ2n) is 3.40. The third kappa shape index (κ3) is 0.917. The normalized spacial score (nSPS) is 39.0. The Hall–Kier alpha value is -0.530. The van der Waals surface area contributed by atoms with Crippen LogP contribution in [0.5, 0.6) is 0 Å². The van der Waals surface area contributed by atoms with Gasteiger partial charge in [0.2, 0.25) is 5.91 Å². The molecule has 1 amide bonds. The van der Waals surface area contributed by atoms with Crippen LogP contribution in [0.3, 0.4) is 0 Å². The van der Waals surface area contributed by atoms with E-state index in [4.69, 9.17) is 0 Å². The Bertz CT molecular complexity index is 155. The maximum atomic E-state index is 10.9. The van der Waals surface area contributed by atoms with Crippen molar-refractivity contribution in [1.29, 1.82) is 0 Å². The zero-order valence-corrected chi connectivity index (χ0v) is 6.10. The van der Waals surface area contributed by atoms with E-state index in [1.54, 1.807) is 0 Å². The highest BCUT2D eigenvalue weighted by molar-refractivity contribution is 5.77. The predicted molar refractivity (Wildman–Crippen MR) is 38.5 cm³/mol. The molecule has 0 aromatic rings. The highest BCUT2D eigenvalue weighted by atomic mass is 16.1. The number of piperidine rings is 1. The molecule has 2 heteroatoms. The van der Waals surface area contributed by atoms with Crippen LogP contribution < -0.4 is 5.32 Å². The Morgan fingerprint density at radius 3 is 3.10 bits per heavy atom. The quantitative estimate of drug-likeness (QED) is 0.534. The molecule has 1 saturated heterocycles. The number of hydrogen-bond donors (Lipinski definition) is 1. The number of rotatable bonds is 0. The smallest absolute Gasteiger partial charge is 0.220 e. The van der Waals surface area contributed by atoms with Crippen LogP contribution in [-0.4, -0.2) is 11.9 Å². The van der Waals surface area contributed by atoms with Gasteiger partial charge in [-0.2, -0.15) is 0 Å². The number of amides is 1. The van der Waals surface area contributed by atoms with Crippen LogP contribution in [0.25, 0.3) is 0 Å². The first-order valence-corrected chi connectivity index (χ1v) is 4.15. The van der Waals surface area contributed by atoms with Crippen molar-refractivity contribution in [3.63, 3.8) is 0 Å². The van der Waals surface area contributed by atoms with Crippen molar-refractivity contribution in [3.8, 4) is 0 Å². The van der Waals surface area contributed by atoms with Gasteiger partial charge in [0.05, 0.1) is 0 Å². The summed E-state index contributed by atoms with van der Waals surface area (Å²) in [5.74, 6) is 1.08. The van der Waals surface area contributed by atoms with Crippen LogP contribution in [-0.2, 0) is 4.79 Å². The van der Waals surface area contributed by atoms with E-state index >= 15 is 0 Å². The van der Waals surface area contributed by atoms with E-state index in [2.05, 4.69) is 5.32 Å². The minimum atomic E-state index is 0.267. The molecule has 0 spiro atoms. The van der Waals surface area contributed by atoms with Crippen molar-refractivity contribution < 1.29 is 4.79 Å². The van der Waals surface area contributed by atoms with E-state index in [-0.39, 0.29) is 5.91 Å². The van der Waals surface area contributed by atoms with Gasteiger partial charge in [0.25, 0.3) is 0 Å². The van der Waals surface area contributed by atoms with Crippen molar-refractivity contribution >= 4 is 5.91 Å². The monoisotopic (exact) mass is 139 g/mol. The lowest BCUT2D eigenvalue weighted by Gasteiger charge is -2.25. The first kappa shape index (κ1) is 6.20. The molecule has 1 aliphatic carbocycles. The molecular formula is C8H13NO. The summed E-state index contributed by atoms with van der Waals surface area (Å²) in [6.45, 7) is 0. The molecule has 0 bridgehead atoms. The molecule has 0 radical (unpaired) electrons. The SMILES string of the molecule is O=C1CC[C@H]2CCC[C@@H]2N1. The van der Waals surface area contributed by atoms with Gasteiger partial charge in [0, 0.05) is 12.5 Å². The van der Waals surface area contributed by atoms with Crippen molar-refractivity contribution in [1.82, 2.24) is 5.32 Å². The molecule has 1 saturated carbocycles. The van der Waals surface area contributed by atoms with Crippen LogP contribution in [0.15, 0.2) is 0 Å². The molecule has 2 fully saturated rings. The van der Waals surface area contributed by atoms with Gasteiger partial charge < -0.3 is 5.32 Å². The third-order valence-corrected chi connectivity index (χ3v) is 2.75. The predicted octanol–water partition coefficient (Wildman–Crippen LogP) is 1.07. The van der Waals surface area contributed by atoms with E-state index < -0.39 is 0 Å². The first-order chi connectivity index (χ1) is 4.86. The summed E-state index contributed by atoms with van der Waals surface area (Å²) >= 11 is 0. The van der Waals surface area contributed by atoms with Crippen LogP contribution in [0, 0.1) is 5.92 Å². The highest BCUT2D eigenvalue weighted by Crippen LogP contribution is 2.31. The number of carbonyl (C=O) groups excluding carboxylic acids is 1. The van der Waals surface area contributed by atoms with Crippen LogP contribution in [0.4, 0.5) is 0 Å². The minimum Gasteiger partial charge on any atom is -0.353 e. The van der Waals surface area contributed by atoms with Crippen molar-refractivity contribution in [2.75, 3.05) is 0 Å². The fourth-order valence-electron chi connectivity index (χ4n) is 2.17. The largest absolute Gasteiger partial charge is 0.353 e. The fraction of sp³-hybridized carbons (Fsp3) is 0.875. The van der Waals surface area contributed by atoms with Crippen molar-refractivity contribution in [3.05, 3.63) is 0 Å². The maximum Gasteiger partial charge on any atom is 0.220 e. The average Bonchev–Trinajstić information content (AvgIpc) is 2.33. The Kier molecular flexibility index (Phi) is 1.40. The van der Waals surface area contributed by atoms with Gasteiger partial charge in [-0.25, -0.2) is 0 Å². The fourth-order valence-corrected chi connectivity index (χ4v) is 2.17. The van der Waals surface area contributed by atoms with Crippen LogP contribution in [0.1, 0.15) is 32.1 Å². The van der Waals surface area contributed by atoms with Gasteiger partial charge in [-0.05, 0) is 25.2 Å². The highest BCUT2D eigenvalue weighted by Gasteiger charge is 2.31. The third-order valence-electron chi connectivity index (χ3n) is 2.75. The molecule has 2 atom stereocenters. The van der Waals surface area contributed by atoms with Gasteiger partial charge in [-0.1, -0.05) is 6.42 Å². The summed E-state index contributed by atoms with van der Waals surface area (Å²) in [5, 5.41) is 3.04. The Balaban J connectivity index is 2.03. The minimum absolute atomic E-state index is 0.267. The zero-order valence-electron chi connectivity index (χ0n) is 6.10. The molecule has 0 aromatic carbocycles. The van der Waals surface area contributed by atoms with Gasteiger partial charge in [0.15, 0.2) is 0 Å². The molecule has 0 aromatic heterocycles. The Morgan fingerprint density at radius 1 is 1.30 bits per heavy atom. The molecular weight excluding hydrogens is 126 g/mol. The molecule has 0 unspecified atom stereocenters. The second-order valence-corrected chi connectivity index (χ2v) is 3.40. The zero-order chi connectivity index (χ0) is 6.97. The summed E-state index contributed by atoms with van der Waals surface area (Å²) < 4.78 is 0. The number of nitrogens with one attached hydrogen (secondary N) is 1. The molecule has 1 N–H and O–H groups in total.